The quantitative estimate of drug-likeness (QED) is 0.712. The summed E-state index contributed by atoms with van der Waals surface area (Å²) in [5.41, 5.74) is 0.885. The lowest BCUT2D eigenvalue weighted by Gasteiger charge is -2.22. The first-order valence-electron chi connectivity index (χ1n) is 7.36. The Kier molecular flexibility index (Phi) is 6.62. The van der Waals surface area contributed by atoms with E-state index in [4.69, 9.17) is 4.42 Å². The van der Waals surface area contributed by atoms with Crippen molar-refractivity contribution in [3.05, 3.63) is 56.9 Å². The van der Waals surface area contributed by atoms with Crippen LogP contribution < -0.4 is 5.32 Å². The first-order valence-corrected chi connectivity index (χ1v) is 8.94. The topological polar surface area (TPSA) is 62.6 Å². The summed E-state index contributed by atoms with van der Waals surface area (Å²) in [4.78, 5) is 25.6. The lowest BCUT2D eigenvalue weighted by molar-refractivity contribution is -0.131. The smallest absolute Gasteiger partial charge is 0.225 e. The molecule has 1 aromatic carbocycles. The number of rotatable bonds is 6. The van der Waals surface area contributed by atoms with E-state index in [0.717, 1.165) is 10.0 Å². The predicted octanol–water partition coefficient (Wildman–Crippen LogP) is 4.03. The number of amides is 2. The molecule has 1 unspecified atom stereocenters. The number of halogens is 2. The molecule has 1 heterocycles. The number of benzene rings is 1. The fraction of sp³-hybridized carbons (Fsp3) is 0.294. The Morgan fingerprint density at radius 1 is 1.17 bits per heavy atom. The molecule has 0 fully saturated rings. The van der Waals surface area contributed by atoms with E-state index in [9.17, 15) is 9.59 Å². The Morgan fingerprint density at radius 2 is 1.83 bits per heavy atom. The molecule has 2 aromatic rings. The van der Waals surface area contributed by atoms with Gasteiger partial charge in [-0.3, -0.25) is 9.59 Å². The number of hydrogen-bond donors (Lipinski definition) is 1. The van der Waals surface area contributed by atoms with Gasteiger partial charge in [0.2, 0.25) is 11.8 Å². The predicted molar refractivity (Wildman–Crippen MR) is 98.2 cm³/mol. The summed E-state index contributed by atoms with van der Waals surface area (Å²) in [5, 5.41) is 2.84. The van der Waals surface area contributed by atoms with E-state index in [1.54, 1.807) is 18.0 Å². The molecule has 7 heteroatoms. The van der Waals surface area contributed by atoms with Gasteiger partial charge in [0.15, 0.2) is 4.67 Å². The first-order chi connectivity index (χ1) is 11.3. The van der Waals surface area contributed by atoms with Crippen LogP contribution in [0.5, 0.6) is 0 Å². The minimum absolute atomic E-state index is 0.0795. The van der Waals surface area contributed by atoms with Crippen molar-refractivity contribution >= 4 is 43.7 Å². The number of nitrogens with one attached hydrogen (secondary N) is 1. The van der Waals surface area contributed by atoms with E-state index >= 15 is 0 Å². The van der Waals surface area contributed by atoms with E-state index in [0.29, 0.717) is 17.0 Å². The van der Waals surface area contributed by atoms with Crippen LogP contribution in [0.2, 0.25) is 0 Å². The maximum absolute atomic E-state index is 12.5. The fourth-order valence-corrected chi connectivity index (χ4v) is 2.89. The van der Waals surface area contributed by atoms with Crippen molar-refractivity contribution in [1.82, 2.24) is 10.2 Å². The summed E-state index contributed by atoms with van der Waals surface area (Å²) in [6.07, 6.45) is 0.180. The summed E-state index contributed by atoms with van der Waals surface area (Å²) < 4.78 is 6.99. The van der Waals surface area contributed by atoms with Gasteiger partial charge in [-0.25, -0.2) is 0 Å². The van der Waals surface area contributed by atoms with Crippen LogP contribution in [0.4, 0.5) is 0 Å². The van der Waals surface area contributed by atoms with Crippen LogP contribution in [0.1, 0.15) is 30.7 Å². The van der Waals surface area contributed by atoms with Gasteiger partial charge in [0.05, 0.1) is 19.0 Å². The average Bonchev–Trinajstić information content (AvgIpc) is 2.92. The number of hydrogen-bond acceptors (Lipinski definition) is 3. The monoisotopic (exact) mass is 456 g/mol. The van der Waals surface area contributed by atoms with Gasteiger partial charge in [-0.1, -0.05) is 28.1 Å². The molecule has 128 valence electrons. The maximum Gasteiger partial charge on any atom is 0.225 e. The standard InChI is InChI=1S/C17H18Br2N2O3/c1-11(22)20-15(12-3-5-13(18)6-4-12)9-17(23)21(2)10-14-7-8-16(19)24-14/h3-8,15H,9-10H2,1-2H3,(H,20,22). The van der Waals surface area contributed by atoms with E-state index < -0.39 is 0 Å². The summed E-state index contributed by atoms with van der Waals surface area (Å²) in [6.45, 7) is 1.82. The Labute approximate surface area is 157 Å². The lowest BCUT2D eigenvalue weighted by Crippen LogP contribution is -2.33. The molecule has 5 nitrogen and oxygen atoms in total. The molecule has 0 saturated carbocycles. The van der Waals surface area contributed by atoms with E-state index in [2.05, 4.69) is 37.2 Å². The molecule has 2 amide bonds. The van der Waals surface area contributed by atoms with Crippen molar-refractivity contribution < 1.29 is 14.0 Å². The van der Waals surface area contributed by atoms with Gasteiger partial charge in [0.25, 0.3) is 0 Å². The van der Waals surface area contributed by atoms with Gasteiger partial charge < -0.3 is 14.6 Å². The second kappa shape index (κ2) is 8.48. The zero-order valence-electron chi connectivity index (χ0n) is 13.4. The summed E-state index contributed by atoms with van der Waals surface area (Å²) in [5.74, 6) is 0.440. The van der Waals surface area contributed by atoms with Crippen LogP contribution in [0.3, 0.4) is 0 Å². The molecule has 0 spiro atoms. The minimum atomic E-state index is -0.367. The van der Waals surface area contributed by atoms with Crippen LogP contribution in [0, 0.1) is 0 Å². The molecule has 0 radical (unpaired) electrons. The molecular formula is C17H18Br2N2O3. The highest BCUT2D eigenvalue weighted by molar-refractivity contribution is 9.10. The summed E-state index contributed by atoms with van der Waals surface area (Å²) in [6, 6.07) is 10.8. The summed E-state index contributed by atoms with van der Waals surface area (Å²) in [7, 11) is 1.71. The van der Waals surface area contributed by atoms with Gasteiger partial charge in [-0.2, -0.15) is 0 Å². The van der Waals surface area contributed by atoms with Gasteiger partial charge in [-0.05, 0) is 45.8 Å². The van der Waals surface area contributed by atoms with Crippen molar-refractivity contribution in [2.75, 3.05) is 7.05 Å². The molecule has 1 N–H and O–H groups in total. The molecule has 0 aliphatic carbocycles. The van der Waals surface area contributed by atoms with Gasteiger partial charge in [0.1, 0.15) is 5.76 Å². The van der Waals surface area contributed by atoms with Crippen molar-refractivity contribution in [2.24, 2.45) is 0 Å². The Morgan fingerprint density at radius 3 is 2.38 bits per heavy atom. The van der Waals surface area contributed by atoms with Crippen molar-refractivity contribution in [2.45, 2.75) is 25.9 Å². The zero-order valence-corrected chi connectivity index (χ0v) is 16.6. The number of furan rings is 1. The molecular weight excluding hydrogens is 440 g/mol. The van der Waals surface area contributed by atoms with Crippen LogP contribution in [0.25, 0.3) is 0 Å². The second-order valence-electron chi connectivity index (χ2n) is 5.46. The molecule has 0 aliphatic rings. The van der Waals surface area contributed by atoms with E-state index in [1.165, 1.54) is 6.92 Å². The molecule has 24 heavy (non-hydrogen) atoms. The normalized spacial score (nSPS) is 11.8. The highest BCUT2D eigenvalue weighted by Gasteiger charge is 2.20. The van der Waals surface area contributed by atoms with Crippen LogP contribution >= 0.6 is 31.9 Å². The molecule has 1 aromatic heterocycles. The third-order valence-electron chi connectivity index (χ3n) is 3.48. The van der Waals surface area contributed by atoms with Crippen LogP contribution in [-0.2, 0) is 16.1 Å². The van der Waals surface area contributed by atoms with Crippen LogP contribution in [0.15, 0.2) is 50.0 Å². The Hall–Kier alpha value is -1.60. The van der Waals surface area contributed by atoms with Gasteiger partial charge >= 0.3 is 0 Å². The molecule has 0 bridgehead atoms. The van der Waals surface area contributed by atoms with Crippen molar-refractivity contribution in [3.63, 3.8) is 0 Å². The van der Waals surface area contributed by atoms with E-state index in [-0.39, 0.29) is 24.3 Å². The molecule has 0 aliphatic heterocycles. The number of carbonyl (C=O) groups is 2. The largest absolute Gasteiger partial charge is 0.452 e. The Balaban J connectivity index is 2.05. The summed E-state index contributed by atoms with van der Waals surface area (Å²) >= 11 is 6.62. The minimum Gasteiger partial charge on any atom is -0.452 e. The highest BCUT2D eigenvalue weighted by atomic mass is 79.9. The van der Waals surface area contributed by atoms with Crippen LogP contribution in [-0.4, -0.2) is 23.8 Å². The average molecular weight is 458 g/mol. The zero-order chi connectivity index (χ0) is 17.7. The fourth-order valence-electron chi connectivity index (χ4n) is 2.28. The van der Waals surface area contributed by atoms with Crippen molar-refractivity contribution in [3.8, 4) is 0 Å². The third-order valence-corrected chi connectivity index (χ3v) is 4.43. The van der Waals surface area contributed by atoms with Gasteiger partial charge in [0, 0.05) is 18.4 Å². The highest BCUT2D eigenvalue weighted by Crippen LogP contribution is 2.21. The van der Waals surface area contributed by atoms with Gasteiger partial charge in [-0.15, -0.1) is 0 Å². The molecule has 0 saturated heterocycles. The number of nitrogens with zero attached hydrogens (tertiary/aromatic N) is 1. The Bertz CT molecular complexity index is 713. The lowest BCUT2D eigenvalue weighted by atomic mass is 10.0. The molecule has 1 atom stereocenters. The SMILES string of the molecule is CC(=O)NC(CC(=O)N(C)Cc1ccc(Br)o1)c1ccc(Br)cc1. The number of carbonyl (C=O) groups excluding carboxylic acids is 2. The van der Waals surface area contributed by atoms with Crippen molar-refractivity contribution in [1.29, 1.82) is 0 Å². The van der Waals surface area contributed by atoms with E-state index in [1.807, 2.05) is 30.3 Å². The molecule has 2 rings (SSSR count). The first kappa shape index (κ1) is 18.7. The third kappa shape index (κ3) is 5.49. The second-order valence-corrected chi connectivity index (χ2v) is 7.16. The maximum atomic E-state index is 12.5.